The summed E-state index contributed by atoms with van der Waals surface area (Å²) in [5.41, 5.74) is 3.30. The van der Waals surface area contributed by atoms with E-state index in [-0.39, 0.29) is 4.87 Å². The Labute approximate surface area is 95.5 Å². The zero-order chi connectivity index (χ0) is 11.4. The minimum absolute atomic E-state index is 0.0536. The van der Waals surface area contributed by atoms with Crippen molar-refractivity contribution in [1.29, 1.82) is 0 Å². The van der Waals surface area contributed by atoms with Crippen LogP contribution in [-0.2, 0) is 6.54 Å². The third-order valence-electron chi connectivity index (χ3n) is 1.93. The standard InChI is InChI=1S/C9H11N5OS/c10-14-8-3-1-2-7(13-8)11-4-6-5-16-9(15)12-6/h1-3,5H,4,10H2,(H,12,15)(H2,11,13,14). The fraction of sp³-hybridized carbons (Fsp3) is 0.111. The van der Waals surface area contributed by atoms with Gasteiger partial charge in [-0.25, -0.2) is 10.8 Å². The van der Waals surface area contributed by atoms with E-state index in [0.29, 0.717) is 18.2 Å². The number of rotatable bonds is 4. The molecular weight excluding hydrogens is 226 g/mol. The third kappa shape index (κ3) is 2.59. The van der Waals surface area contributed by atoms with Gasteiger partial charge in [0.1, 0.15) is 11.6 Å². The molecule has 0 saturated heterocycles. The predicted molar refractivity (Wildman–Crippen MR) is 64.3 cm³/mol. The lowest BCUT2D eigenvalue weighted by atomic mass is 10.4. The van der Waals surface area contributed by atoms with Gasteiger partial charge in [0.15, 0.2) is 0 Å². The Morgan fingerprint density at radius 2 is 2.25 bits per heavy atom. The molecule has 0 aliphatic carbocycles. The highest BCUT2D eigenvalue weighted by Crippen LogP contribution is 2.09. The molecule has 0 radical (unpaired) electrons. The van der Waals surface area contributed by atoms with Crippen LogP contribution in [0.4, 0.5) is 11.6 Å². The summed E-state index contributed by atoms with van der Waals surface area (Å²) >= 11 is 1.14. The lowest BCUT2D eigenvalue weighted by molar-refractivity contribution is 1.04. The number of pyridine rings is 1. The van der Waals surface area contributed by atoms with Crippen molar-refractivity contribution >= 4 is 23.0 Å². The molecular formula is C9H11N5OS. The van der Waals surface area contributed by atoms with E-state index in [1.165, 1.54) is 0 Å². The van der Waals surface area contributed by atoms with Crippen molar-refractivity contribution in [2.75, 3.05) is 10.7 Å². The first-order valence-corrected chi connectivity index (χ1v) is 5.50. The van der Waals surface area contributed by atoms with Gasteiger partial charge >= 0.3 is 4.87 Å². The zero-order valence-electron chi connectivity index (χ0n) is 8.36. The molecule has 0 unspecified atom stereocenters. The van der Waals surface area contributed by atoms with E-state index in [9.17, 15) is 4.79 Å². The van der Waals surface area contributed by atoms with Gasteiger partial charge in [0.2, 0.25) is 0 Å². The van der Waals surface area contributed by atoms with Crippen molar-refractivity contribution in [3.63, 3.8) is 0 Å². The summed E-state index contributed by atoms with van der Waals surface area (Å²) in [6, 6.07) is 5.42. The Morgan fingerprint density at radius 3 is 2.94 bits per heavy atom. The van der Waals surface area contributed by atoms with Gasteiger partial charge < -0.3 is 15.7 Å². The highest BCUT2D eigenvalue weighted by Gasteiger charge is 1.98. The van der Waals surface area contributed by atoms with E-state index in [4.69, 9.17) is 5.84 Å². The number of hydrogen-bond acceptors (Lipinski definition) is 6. The molecule has 16 heavy (non-hydrogen) atoms. The fourth-order valence-electron chi connectivity index (χ4n) is 1.20. The summed E-state index contributed by atoms with van der Waals surface area (Å²) in [7, 11) is 0. The minimum Gasteiger partial charge on any atom is -0.364 e. The first-order chi connectivity index (χ1) is 7.78. The third-order valence-corrected chi connectivity index (χ3v) is 2.65. The van der Waals surface area contributed by atoms with Crippen molar-refractivity contribution in [3.8, 4) is 0 Å². The van der Waals surface area contributed by atoms with Crippen molar-refractivity contribution in [2.24, 2.45) is 5.84 Å². The number of nitrogens with two attached hydrogens (primary N) is 1. The van der Waals surface area contributed by atoms with E-state index in [1.807, 2.05) is 12.1 Å². The van der Waals surface area contributed by atoms with E-state index >= 15 is 0 Å². The number of nitrogen functional groups attached to an aromatic ring is 1. The van der Waals surface area contributed by atoms with Crippen molar-refractivity contribution in [3.05, 3.63) is 38.9 Å². The van der Waals surface area contributed by atoms with Gasteiger partial charge in [0, 0.05) is 11.1 Å². The molecule has 0 aromatic carbocycles. The van der Waals surface area contributed by atoms with Crippen LogP contribution in [0.15, 0.2) is 28.4 Å². The van der Waals surface area contributed by atoms with Crippen LogP contribution in [0.5, 0.6) is 0 Å². The maximum Gasteiger partial charge on any atom is 0.304 e. The fourth-order valence-corrected chi connectivity index (χ4v) is 1.78. The lowest BCUT2D eigenvalue weighted by Gasteiger charge is -2.05. The Morgan fingerprint density at radius 1 is 1.44 bits per heavy atom. The average Bonchev–Trinajstić information content (AvgIpc) is 2.73. The lowest BCUT2D eigenvalue weighted by Crippen LogP contribution is -2.10. The van der Waals surface area contributed by atoms with Gasteiger partial charge in [-0.2, -0.15) is 0 Å². The average molecular weight is 237 g/mol. The first-order valence-electron chi connectivity index (χ1n) is 4.62. The quantitative estimate of drug-likeness (QED) is 0.464. The molecule has 6 nitrogen and oxygen atoms in total. The monoisotopic (exact) mass is 237 g/mol. The smallest absolute Gasteiger partial charge is 0.304 e. The normalized spacial score (nSPS) is 10.1. The SMILES string of the molecule is NNc1cccc(NCc2csc(=O)[nH]2)n1. The number of anilines is 2. The molecule has 0 aliphatic rings. The number of aromatic amines is 1. The molecule has 0 aliphatic heterocycles. The molecule has 2 aromatic heterocycles. The molecule has 2 aromatic rings. The summed E-state index contributed by atoms with van der Waals surface area (Å²) in [6.07, 6.45) is 0. The Balaban J connectivity index is 2.01. The molecule has 0 saturated carbocycles. The Hall–Kier alpha value is -1.86. The molecule has 2 rings (SSSR count). The number of thiazole rings is 1. The highest BCUT2D eigenvalue weighted by molar-refractivity contribution is 7.07. The van der Waals surface area contributed by atoms with Gasteiger partial charge in [-0.1, -0.05) is 17.4 Å². The van der Waals surface area contributed by atoms with E-state index in [1.54, 1.807) is 11.4 Å². The molecule has 0 amide bonds. The largest absolute Gasteiger partial charge is 0.364 e. The summed E-state index contributed by atoms with van der Waals surface area (Å²) in [5, 5.41) is 4.86. The molecule has 0 bridgehead atoms. The Kier molecular flexibility index (Phi) is 3.18. The number of aromatic nitrogens is 2. The van der Waals surface area contributed by atoms with Crippen LogP contribution in [0.25, 0.3) is 0 Å². The topological polar surface area (TPSA) is 95.8 Å². The first kappa shape index (κ1) is 10.7. The van der Waals surface area contributed by atoms with Crippen LogP contribution in [0, 0.1) is 0 Å². The second kappa shape index (κ2) is 4.77. The van der Waals surface area contributed by atoms with Crippen molar-refractivity contribution in [2.45, 2.75) is 6.54 Å². The second-order valence-electron chi connectivity index (χ2n) is 3.08. The van der Waals surface area contributed by atoms with E-state index < -0.39 is 0 Å². The van der Waals surface area contributed by atoms with Crippen LogP contribution in [0.3, 0.4) is 0 Å². The summed E-state index contributed by atoms with van der Waals surface area (Å²) < 4.78 is 0. The molecule has 0 spiro atoms. The number of nitrogens with zero attached hydrogens (tertiary/aromatic N) is 1. The molecule has 84 valence electrons. The van der Waals surface area contributed by atoms with Crippen LogP contribution in [0.2, 0.25) is 0 Å². The van der Waals surface area contributed by atoms with Gasteiger partial charge in [-0.05, 0) is 12.1 Å². The molecule has 5 N–H and O–H groups in total. The van der Waals surface area contributed by atoms with Gasteiger partial charge in [-0.3, -0.25) is 4.79 Å². The zero-order valence-corrected chi connectivity index (χ0v) is 9.17. The highest BCUT2D eigenvalue weighted by atomic mass is 32.1. The van der Waals surface area contributed by atoms with Gasteiger partial charge in [-0.15, -0.1) is 0 Å². The van der Waals surface area contributed by atoms with Crippen LogP contribution in [-0.4, -0.2) is 9.97 Å². The van der Waals surface area contributed by atoms with Gasteiger partial charge in [0.05, 0.1) is 6.54 Å². The molecule has 0 fully saturated rings. The summed E-state index contributed by atoms with van der Waals surface area (Å²) in [4.78, 5) is 17.7. The molecule has 2 heterocycles. The molecule has 7 heteroatoms. The second-order valence-corrected chi connectivity index (χ2v) is 3.92. The van der Waals surface area contributed by atoms with E-state index in [2.05, 4.69) is 20.7 Å². The number of nitrogens with one attached hydrogen (secondary N) is 3. The summed E-state index contributed by atoms with van der Waals surface area (Å²) in [6.45, 7) is 0.528. The minimum atomic E-state index is -0.0536. The van der Waals surface area contributed by atoms with Crippen molar-refractivity contribution in [1.82, 2.24) is 9.97 Å². The van der Waals surface area contributed by atoms with E-state index in [0.717, 1.165) is 17.0 Å². The van der Waals surface area contributed by atoms with Crippen LogP contribution >= 0.6 is 11.3 Å². The maximum absolute atomic E-state index is 10.9. The van der Waals surface area contributed by atoms with Gasteiger partial charge in [0.25, 0.3) is 0 Å². The maximum atomic E-state index is 10.9. The van der Waals surface area contributed by atoms with Crippen LogP contribution < -0.4 is 21.5 Å². The predicted octanol–water partition coefficient (Wildman–Crippen LogP) is 0.729. The number of H-pyrrole nitrogens is 1. The van der Waals surface area contributed by atoms with Crippen molar-refractivity contribution < 1.29 is 0 Å². The number of hydrazine groups is 1. The summed E-state index contributed by atoms with van der Waals surface area (Å²) in [5.74, 6) is 6.53. The Bertz CT molecular complexity index is 520. The number of hydrogen-bond donors (Lipinski definition) is 4. The molecule has 0 atom stereocenters. The van der Waals surface area contributed by atoms with Crippen LogP contribution in [0.1, 0.15) is 5.69 Å².